The fraction of sp³-hybridized carbons (Fsp3) is 0.444. The smallest absolute Gasteiger partial charge is 0.303 e. The first-order chi connectivity index (χ1) is 12.8. The lowest BCUT2D eigenvalue weighted by molar-refractivity contribution is 0.00766. The van der Waals surface area contributed by atoms with Gasteiger partial charge in [0.15, 0.2) is 0 Å². The maximum atomic E-state index is 13.7. The summed E-state index contributed by atoms with van der Waals surface area (Å²) in [7, 11) is 1.74. The van der Waals surface area contributed by atoms with Crippen molar-refractivity contribution in [3.8, 4) is 0 Å². The molecule has 2 aromatic rings. The third kappa shape index (κ3) is 4.29. The topological polar surface area (TPSA) is 89.8 Å². The molecule has 0 saturated carbocycles. The Morgan fingerprint density at radius 3 is 2.52 bits per heavy atom. The maximum Gasteiger partial charge on any atom is 0.303 e. The summed E-state index contributed by atoms with van der Waals surface area (Å²) in [4.78, 5) is 14.1. The predicted molar refractivity (Wildman–Crippen MR) is 101 cm³/mol. The predicted octanol–water partition coefficient (Wildman–Crippen LogP) is 3.50. The van der Waals surface area contributed by atoms with Gasteiger partial charge >= 0.3 is 5.92 Å². The third-order valence-electron chi connectivity index (χ3n) is 4.35. The van der Waals surface area contributed by atoms with Crippen LogP contribution in [0.3, 0.4) is 0 Å². The van der Waals surface area contributed by atoms with Gasteiger partial charge in [0.1, 0.15) is 17.5 Å². The van der Waals surface area contributed by atoms with Crippen LogP contribution in [0.2, 0.25) is 0 Å². The Balaban J connectivity index is 1.98. The Bertz CT molecular complexity index is 842. The van der Waals surface area contributed by atoms with Gasteiger partial charge in [0.25, 0.3) is 0 Å². The zero-order chi connectivity index (χ0) is 19.6. The molecule has 1 fully saturated rings. The Morgan fingerprint density at radius 1 is 1.19 bits per heavy atom. The lowest BCUT2D eigenvalue weighted by Gasteiger charge is -2.21. The van der Waals surface area contributed by atoms with Gasteiger partial charge in [0.05, 0.1) is 11.3 Å². The molecule has 3 rings (SSSR count). The molecule has 3 N–H and O–H groups in total. The minimum absolute atomic E-state index is 0.253. The summed E-state index contributed by atoms with van der Waals surface area (Å²) in [6.45, 7) is 4.06. The summed E-state index contributed by atoms with van der Waals surface area (Å²) in [6.07, 6.45) is 3.71. The fourth-order valence-corrected chi connectivity index (χ4v) is 2.96. The van der Waals surface area contributed by atoms with Crippen LogP contribution in [0.1, 0.15) is 36.8 Å². The lowest BCUT2D eigenvalue weighted by atomic mass is 10.2. The first-order valence-corrected chi connectivity index (χ1v) is 8.80. The summed E-state index contributed by atoms with van der Waals surface area (Å²) >= 11 is 0. The number of rotatable bonds is 5. The fourth-order valence-electron chi connectivity index (χ4n) is 2.96. The van der Waals surface area contributed by atoms with Crippen LogP contribution in [-0.4, -0.2) is 45.8 Å². The van der Waals surface area contributed by atoms with Gasteiger partial charge in [-0.2, -0.15) is 8.78 Å². The van der Waals surface area contributed by atoms with E-state index in [1.807, 2.05) is 4.90 Å². The summed E-state index contributed by atoms with van der Waals surface area (Å²) in [5.41, 5.74) is 1.61. The van der Waals surface area contributed by atoms with Crippen molar-refractivity contribution in [3.63, 3.8) is 0 Å². The molecule has 1 aliphatic rings. The molecule has 0 bridgehead atoms. The molecule has 0 unspecified atom stereocenters. The van der Waals surface area contributed by atoms with Gasteiger partial charge in [-0.1, -0.05) is 0 Å². The first-order valence-electron chi connectivity index (χ1n) is 8.80. The summed E-state index contributed by atoms with van der Waals surface area (Å²) in [5.74, 6) is -2.46. The number of amidine groups is 1. The quantitative estimate of drug-likeness (QED) is 0.547. The highest BCUT2D eigenvalue weighted by Crippen LogP contribution is 2.28. The van der Waals surface area contributed by atoms with Gasteiger partial charge in [0.2, 0.25) is 5.82 Å². The van der Waals surface area contributed by atoms with E-state index in [0.717, 1.165) is 32.9 Å². The average molecular weight is 375 g/mol. The normalized spacial score (nSPS) is 14.3. The van der Waals surface area contributed by atoms with Crippen molar-refractivity contribution in [1.82, 2.24) is 19.9 Å². The lowest BCUT2D eigenvalue weighted by Crippen LogP contribution is -2.28. The Morgan fingerprint density at radius 2 is 1.89 bits per heavy atom. The molecular weight excluding hydrogens is 352 g/mol. The Hall–Kier alpha value is -2.84. The van der Waals surface area contributed by atoms with Crippen molar-refractivity contribution >= 4 is 23.2 Å². The number of pyridine rings is 1. The zero-order valence-electron chi connectivity index (χ0n) is 15.6. The number of likely N-dealkylation sites (tertiary alicyclic amines) is 1. The van der Waals surface area contributed by atoms with Gasteiger partial charge in [-0.3, -0.25) is 5.41 Å². The highest BCUT2D eigenvalue weighted by Gasteiger charge is 2.29. The molecule has 0 radical (unpaired) electrons. The van der Waals surface area contributed by atoms with E-state index in [4.69, 9.17) is 5.41 Å². The van der Waals surface area contributed by atoms with Crippen molar-refractivity contribution in [1.29, 1.82) is 5.41 Å². The van der Waals surface area contributed by atoms with E-state index in [2.05, 4.69) is 25.6 Å². The molecule has 3 heterocycles. The second-order valence-electron chi connectivity index (χ2n) is 6.64. The van der Waals surface area contributed by atoms with Gasteiger partial charge in [-0.05, 0) is 19.8 Å². The molecule has 1 aliphatic heterocycles. The van der Waals surface area contributed by atoms with E-state index in [1.165, 1.54) is 0 Å². The number of nitrogens with one attached hydrogen (secondary N) is 3. The van der Waals surface area contributed by atoms with E-state index in [0.29, 0.717) is 28.6 Å². The van der Waals surface area contributed by atoms with Gasteiger partial charge < -0.3 is 15.5 Å². The van der Waals surface area contributed by atoms with Crippen LogP contribution in [0, 0.1) is 12.3 Å². The van der Waals surface area contributed by atoms with E-state index in [1.54, 1.807) is 32.3 Å². The molecular formula is C18H23F2N7. The number of hydrogen-bond acceptors (Lipinski definition) is 6. The molecule has 0 aromatic carbocycles. The zero-order valence-corrected chi connectivity index (χ0v) is 15.6. The van der Waals surface area contributed by atoms with Crippen LogP contribution < -0.4 is 10.6 Å². The van der Waals surface area contributed by atoms with E-state index >= 15 is 0 Å². The highest BCUT2D eigenvalue weighted by atomic mass is 19.3. The van der Waals surface area contributed by atoms with Crippen LogP contribution in [-0.2, 0) is 5.92 Å². The summed E-state index contributed by atoms with van der Waals surface area (Å²) < 4.78 is 27.3. The Kier molecular flexibility index (Phi) is 5.20. The van der Waals surface area contributed by atoms with Crippen LogP contribution in [0.4, 0.5) is 26.1 Å². The number of anilines is 3. The molecule has 0 amide bonds. The van der Waals surface area contributed by atoms with E-state index in [9.17, 15) is 8.78 Å². The van der Waals surface area contributed by atoms with Crippen molar-refractivity contribution < 1.29 is 8.78 Å². The third-order valence-corrected chi connectivity index (χ3v) is 4.35. The van der Waals surface area contributed by atoms with E-state index in [-0.39, 0.29) is 5.82 Å². The summed E-state index contributed by atoms with van der Waals surface area (Å²) in [5, 5.41) is 14.5. The molecule has 9 heteroatoms. The van der Waals surface area contributed by atoms with Crippen LogP contribution in [0.15, 0.2) is 18.3 Å². The molecule has 1 saturated heterocycles. The van der Waals surface area contributed by atoms with Crippen molar-refractivity contribution in [2.45, 2.75) is 32.6 Å². The van der Waals surface area contributed by atoms with Gasteiger partial charge in [0, 0.05) is 51.1 Å². The molecule has 27 heavy (non-hydrogen) atoms. The number of aromatic nitrogens is 3. The van der Waals surface area contributed by atoms with Crippen molar-refractivity contribution in [2.75, 3.05) is 30.8 Å². The van der Waals surface area contributed by atoms with E-state index < -0.39 is 11.7 Å². The molecule has 2 aromatic heterocycles. The number of hydrogen-bond donors (Lipinski definition) is 3. The molecule has 0 atom stereocenters. The van der Waals surface area contributed by atoms with Crippen LogP contribution in [0.5, 0.6) is 0 Å². The number of aryl methyl sites for hydroxylation is 1. The first kappa shape index (κ1) is 18.9. The molecule has 7 nitrogen and oxygen atoms in total. The monoisotopic (exact) mass is 375 g/mol. The minimum Gasteiger partial charge on any atom is -0.373 e. The van der Waals surface area contributed by atoms with Gasteiger partial charge in [-0.25, -0.2) is 15.0 Å². The van der Waals surface area contributed by atoms with Gasteiger partial charge in [-0.15, -0.1) is 0 Å². The number of nitrogens with zero attached hydrogens (tertiary/aromatic N) is 4. The minimum atomic E-state index is -3.14. The summed E-state index contributed by atoms with van der Waals surface area (Å²) in [6, 6.07) is 3.33. The molecule has 0 aliphatic carbocycles. The SMILES string of the molecule is CNc1cc(Nc2cc(C)nc(C(C)(F)F)n2)c(C(=N)N2CCCC2)cn1. The van der Waals surface area contributed by atoms with Crippen molar-refractivity contribution in [3.05, 3.63) is 35.4 Å². The molecule has 144 valence electrons. The highest BCUT2D eigenvalue weighted by molar-refractivity contribution is 6.02. The Labute approximate surface area is 156 Å². The molecule has 0 spiro atoms. The largest absolute Gasteiger partial charge is 0.373 e. The number of alkyl halides is 2. The second kappa shape index (κ2) is 7.42. The second-order valence-corrected chi connectivity index (χ2v) is 6.64. The van der Waals surface area contributed by atoms with Crippen molar-refractivity contribution in [2.24, 2.45) is 0 Å². The standard InChI is InChI=1S/C18H23F2N7/c1-11-8-15(26-17(24-11)18(2,19)20)25-13-9-14(22-3)23-10-12(13)16(21)27-6-4-5-7-27/h8-10,21H,4-7H2,1-3H3,(H2,22,23,24,25,26). The maximum absolute atomic E-state index is 13.7. The van der Waals surface area contributed by atoms with Crippen LogP contribution in [0.25, 0.3) is 0 Å². The van der Waals surface area contributed by atoms with Crippen LogP contribution >= 0.6 is 0 Å². The average Bonchev–Trinajstić information content (AvgIpc) is 3.14. The number of halogens is 2.